The standard InChI is InChI=1S/C18H23NO5S/c1-4-24-18(23)13-9-14(10(2)3)25-16(13)19-15(20)11-7-5-6-8-12(11)17(21)22/h5-6,9-12H,4,7-8H2,1-3H3,(H,19,20)(H,21,22)/t11-,12-/m1/s1. The second-order valence-electron chi connectivity index (χ2n) is 6.25. The lowest BCUT2D eigenvalue weighted by atomic mass is 9.82. The lowest BCUT2D eigenvalue weighted by Gasteiger charge is -2.24. The number of hydrogen-bond acceptors (Lipinski definition) is 5. The zero-order valence-corrected chi connectivity index (χ0v) is 15.4. The Balaban J connectivity index is 2.25. The average molecular weight is 365 g/mol. The Hall–Kier alpha value is -2.15. The molecule has 1 aromatic rings. The van der Waals surface area contributed by atoms with E-state index in [0.29, 0.717) is 23.4 Å². The van der Waals surface area contributed by atoms with E-state index in [-0.39, 0.29) is 18.4 Å². The van der Waals surface area contributed by atoms with E-state index in [9.17, 15) is 19.5 Å². The molecule has 0 aliphatic heterocycles. The summed E-state index contributed by atoms with van der Waals surface area (Å²) in [6.45, 7) is 5.96. The van der Waals surface area contributed by atoms with Gasteiger partial charge in [-0.2, -0.15) is 0 Å². The Morgan fingerprint density at radius 2 is 1.92 bits per heavy atom. The molecule has 1 aromatic heterocycles. The number of rotatable bonds is 6. The molecular formula is C18H23NO5S. The van der Waals surface area contributed by atoms with E-state index < -0.39 is 23.8 Å². The molecule has 2 rings (SSSR count). The molecule has 1 aliphatic carbocycles. The lowest BCUT2D eigenvalue weighted by Crippen LogP contribution is -2.34. The molecule has 7 heteroatoms. The molecule has 0 aromatic carbocycles. The number of anilines is 1. The number of thiophene rings is 1. The maximum atomic E-state index is 12.6. The molecular weight excluding hydrogens is 342 g/mol. The molecule has 6 nitrogen and oxygen atoms in total. The van der Waals surface area contributed by atoms with Gasteiger partial charge in [0, 0.05) is 4.88 Å². The van der Waals surface area contributed by atoms with Crippen molar-refractivity contribution in [1.29, 1.82) is 0 Å². The Morgan fingerprint density at radius 1 is 1.28 bits per heavy atom. The Kier molecular flexibility index (Phi) is 6.36. The van der Waals surface area contributed by atoms with Crippen molar-refractivity contribution >= 4 is 34.2 Å². The van der Waals surface area contributed by atoms with E-state index in [1.807, 2.05) is 19.9 Å². The van der Waals surface area contributed by atoms with E-state index >= 15 is 0 Å². The van der Waals surface area contributed by atoms with Gasteiger partial charge in [0.05, 0.1) is 24.0 Å². The highest BCUT2D eigenvalue weighted by Gasteiger charge is 2.34. The molecule has 0 saturated heterocycles. The zero-order chi connectivity index (χ0) is 18.6. The van der Waals surface area contributed by atoms with E-state index in [2.05, 4.69) is 5.32 Å². The number of carbonyl (C=O) groups excluding carboxylic acids is 2. The highest BCUT2D eigenvalue weighted by molar-refractivity contribution is 7.16. The maximum Gasteiger partial charge on any atom is 0.341 e. The number of esters is 1. The number of hydrogen-bond donors (Lipinski definition) is 2. The van der Waals surface area contributed by atoms with Gasteiger partial charge in [0.15, 0.2) is 0 Å². The summed E-state index contributed by atoms with van der Waals surface area (Å²) in [6, 6.07) is 1.73. The third-order valence-corrected chi connectivity index (χ3v) is 5.49. The zero-order valence-electron chi connectivity index (χ0n) is 14.6. The van der Waals surface area contributed by atoms with Crippen LogP contribution in [-0.2, 0) is 14.3 Å². The van der Waals surface area contributed by atoms with Crippen LogP contribution in [-0.4, -0.2) is 29.6 Å². The first-order chi connectivity index (χ1) is 11.8. The van der Waals surface area contributed by atoms with Crippen LogP contribution in [0.25, 0.3) is 0 Å². The van der Waals surface area contributed by atoms with Crippen LogP contribution in [0.3, 0.4) is 0 Å². The fourth-order valence-electron chi connectivity index (χ4n) is 2.73. The van der Waals surface area contributed by atoms with Gasteiger partial charge in [-0.25, -0.2) is 4.79 Å². The van der Waals surface area contributed by atoms with Crippen LogP contribution in [0.4, 0.5) is 5.00 Å². The van der Waals surface area contributed by atoms with E-state index in [4.69, 9.17) is 4.74 Å². The molecule has 2 atom stereocenters. The van der Waals surface area contributed by atoms with Crippen molar-refractivity contribution in [3.05, 3.63) is 28.7 Å². The number of allylic oxidation sites excluding steroid dienone is 2. The van der Waals surface area contributed by atoms with Crippen LogP contribution in [0.5, 0.6) is 0 Å². The predicted molar refractivity (Wildman–Crippen MR) is 96.0 cm³/mol. The van der Waals surface area contributed by atoms with Crippen molar-refractivity contribution in [2.24, 2.45) is 11.8 Å². The summed E-state index contributed by atoms with van der Waals surface area (Å²) in [5.74, 6) is -3.04. The van der Waals surface area contributed by atoms with Crippen molar-refractivity contribution < 1.29 is 24.2 Å². The van der Waals surface area contributed by atoms with Gasteiger partial charge < -0.3 is 15.2 Å². The number of amides is 1. The molecule has 136 valence electrons. The first-order valence-electron chi connectivity index (χ1n) is 8.34. The summed E-state index contributed by atoms with van der Waals surface area (Å²) >= 11 is 1.33. The second kappa shape index (κ2) is 8.29. The molecule has 0 radical (unpaired) electrons. The van der Waals surface area contributed by atoms with Crippen molar-refractivity contribution in [2.45, 2.75) is 39.5 Å². The fourth-order valence-corrected chi connectivity index (χ4v) is 3.78. The molecule has 0 bridgehead atoms. The molecule has 0 fully saturated rings. The molecule has 25 heavy (non-hydrogen) atoms. The van der Waals surface area contributed by atoms with Crippen LogP contribution in [0.2, 0.25) is 0 Å². The maximum absolute atomic E-state index is 12.6. The number of carbonyl (C=O) groups is 3. The number of nitrogens with one attached hydrogen (secondary N) is 1. The highest BCUT2D eigenvalue weighted by Crippen LogP contribution is 2.35. The van der Waals surface area contributed by atoms with Gasteiger partial charge in [0.1, 0.15) is 5.00 Å². The topological polar surface area (TPSA) is 92.7 Å². The summed E-state index contributed by atoms with van der Waals surface area (Å²) in [4.78, 5) is 37.1. The molecule has 1 heterocycles. The predicted octanol–water partition coefficient (Wildman–Crippen LogP) is 3.65. The van der Waals surface area contributed by atoms with Crippen LogP contribution < -0.4 is 5.32 Å². The smallest absolute Gasteiger partial charge is 0.341 e. The van der Waals surface area contributed by atoms with Crippen LogP contribution >= 0.6 is 11.3 Å². The number of carboxylic acids is 1. The van der Waals surface area contributed by atoms with Gasteiger partial charge >= 0.3 is 11.9 Å². The second-order valence-corrected chi connectivity index (χ2v) is 7.33. The third kappa shape index (κ3) is 4.48. The molecule has 1 amide bonds. The van der Waals surface area contributed by atoms with Gasteiger partial charge in [-0.15, -0.1) is 11.3 Å². The summed E-state index contributed by atoms with van der Waals surface area (Å²) in [5, 5.41) is 12.5. The van der Waals surface area contributed by atoms with Crippen molar-refractivity contribution in [2.75, 3.05) is 11.9 Å². The van der Waals surface area contributed by atoms with Crippen LogP contribution in [0.15, 0.2) is 18.2 Å². The summed E-state index contributed by atoms with van der Waals surface area (Å²) in [6.07, 6.45) is 4.32. The molecule has 0 spiro atoms. The average Bonchev–Trinajstić information content (AvgIpc) is 2.99. The Morgan fingerprint density at radius 3 is 2.48 bits per heavy atom. The minimum absolute atomic E-state index is 0.202. The van der Waals surface area contributed by atoms with Crippen molar-refractivity contribution in [1.82, 2.24) is 0 Å². The first kappa shape index (κ1) is 19.2. The van der Waals surface area contributed by atoms with Gasteiger partial charge in [-0.05, 0) is 31.7 Å². The Bertz CT molecular complexity index is 692. The van der Waals surface area contributed by atoms with Gasteiger partial charge in [0.2, 0.25) is 5.91 Å². The van der Waals surface area contributed by atoms with Gasteiger partial charge in [-0.3, -0.25) is 9.59 Å². The van der Waals surface area contributed by atoms with E-state index in [1.165, 1.54) is 11.3 Å². The van der Waals surface area contributed by atoms with Crippen molar-refractivity contribution in [3.8, 4) is 0 Å². The summed E-state index contributed by atoms with van der Waals surface area (Å²) < 4.78 is 5.06. The van der Waals surface area contributed by atoms with Crippen LogP contribution in [0, 0.1) is 11.8 Å². The first-order valence-corrected chi connectivity index (χ1v) is 9.16. The SMILES string of the molecule is CCOC(=O)c1cc(C(C)C)sc1NC(=O)[C@@H]1CC=CC[C@H]1C(=O)O. The van der Waals surface area contributed by atoms with Gasteiger partial charge in [-0.1, -0.05) is 26.0 Å². The molecule has 1 aliphatic rings. The molecule has 0 unspecified atom stereocenters. The minimum atomic E-state index is -0.982. The monoisotopic (exact) mass is 365 g/mol. The summed E-state index contributed by atoms with van der Waals surface area (Å²) in [7, 11) is 0. The van der Waals surface area contributed by atoms with Crippen molar-refractivity contribution in [3.63, 3.8) is 0 Å². The number of carboxylic acid groups (broad SMARTS) is 1. The Labute approximate surface area is 150 Å². The highest BCUT2D eigenvalue weighted by atomic mass is 32.1. The largest absolute Gasteiger partial charge is 0.481 e. The normalized spacial score (nSPS) is 19.7. The third-order valence-electron chi connectivity index (χ3n) is 4.14. The van der Waals surface area contributed by atoms with E-state index in [1.54, 1.807) is 19.1 Å². The van der Waals surface area contributed by atoms with Gasteiger partial charge in [0.25, 0.3) is 0 Å². The quantitative estimate of drug-likeness (QED) is 0.593. The van der Waals surface area contributed by atoms with Crippen LogP contribution in [0.1, 0.15) is 54.8 Å². The summed E-state index contributed by atoms with van der Waals surface area (Å²) in [5.41, 5.74) is 0.321. The minimum Gasteiger partial charge on any atom is -0.481 e. The molecule has 2 N–H and O–H groups in total. The van der Waals surface area contributed by atoms with E-state index in [0.717, 1.165) is 4.88 Å². The molecule has 0 saturated carbocycles. The lowest BCUT2D eigenvalue weighted by molar-refractivity contribution is -0.146. The number of aliphatic carboxylic acids is 1. The fraction of sp³-hybridized carbons (Fsp3) is 0.500. The number of ether oxygens (including phenoxy) is 1.